The van der Waals surface area contributed by atoms with Gasteiger partial charge >= 0.3 is 181 Å². The summed E-state index contributed by atoms with van der Waals surface area (Å²) >= 11 is -1.55. The first kappa shape index (κ1) is 22.0. The van der Waals surface area contributed by atoms with E-state index in [1.165, 1.54) is 18.2 Å². The standard InChI is InChI=1S/C20H19AsN3O5S/c1-3-29-20(26)17-9-14(10-22)19(23-13(17)2)24-11-15(12-24)18(25)21-30(27,28)16-7-5-4-6-8-16/h4-9,15H,3,11-12H2,1-2H3. The average molecular weight is 488 g/mol. The monoisotopic (exact) mass is 488 g/mol. The number of nitriles is 1. The van der Waals surface area contributed by atoms with Gasteiger partial charge in [-0.1, -0.05) is 0 Å². The van der Waals surface area contributed by atoms with Gasteiger partial charge in [0.15, 0.2) is 0 Å². The van der Waals surface area contributed by atoms with Crippen molar-refractivity contribution < 1.29 is 22.7 Å². The number of pyridine rings is 1. The fourth-order valence-electron chi connectivity index (χ4n) is 2.98. The maximum atomic E-state index is 12.5. The van der Waals surface area contributed by atoms with Crippen molar-refractivity contribution in [2.75, 3.05) is 24.6 Å². The van der Waals surface area contributed by atoms with Crippen LogP contribution in [0.1, 0.15) is 28.5 Å². The molecule has 2 heterocycles. The quantitative estimate of drug-likeness (QED) is 0.425. The van der Waals surface area contributed by atoms with Crippen LogP contribution < -0.4 is 4.90 Å². The van der Waals surface area contributed by atoms with Crippen molar-refractivity contribution in [3.63, 3.8) is 0 Å². The van der Waals surface area contributed by atoms with Crippen molar-refractivity contribution in [1.82, 2.24) is 4.98 Å². The van der Waals surface area contributed by atoms with Crippen LogP contribution in [-0.2, 0) is 17.6 Å². The van der Waals surface area contributed by atoms with Crippen molar-refractivity contribution in [3.8, 4) is 6.07 Å². The fourth-order valence-corrected chi connectivity index (χ4v) is 8.17. The first-order valence-corrected chi connectivity index (χ1v) is 13.8. The number of carbonyl (C=O) groups is 2. The molecule has 8 nitrogen and oxygen atoms in total. The van der Waals surface area contributed by atoms with Crippen LogP contribution in [0.25, 0.3) is 0 Å². The van der Waals surface area contributed by atoms with Crippen molar-refractivity contribution in [1.29, 1.82) is 5.26 Å². The van der Waals surface area contributed by atoms with E-state index in [2.05, 4.69) is 4.98 Å². The molecule has 1 fully saturated rings. The molecule has 0 N–H and O–H groups in total. The Morgan fingerprint density at radius 1 is 1.30 bits per heavy atom. The van der Waals surface area contributed by atoms with Crippen molar-refractivity contribution in [3.05, 3.63) is 53.2 Å². The van der Waals surface area contributed by atoms with Crippen LogP contribution in [0.5, 0.6) is 0 Å². The summed E-state index contributed by atoms with van der Waals surface area (Å²) in [5.41, 5.74) is 0.860. The van der Waals surface area contributed by atoms with Gasteiger partial charge in [0.25, 0.3) is 0 Å². The van der Waals surface area contributed by atoms with Gasteiger partial charge in [-0.05, 0) is 0 Å². The number of carbonyl (C=O) groups excluding carboxylic acids is 2. The summed E-state index contributed by atoms with van der Waals surface area (Å²) in [5.74, 6) is -0.575. The van der Waals surface area contributed by atoms with Crippen molar-refractivity contribution in [2.24, 2.45) is 5.92 Å². The Kier molecular flexibility index (Phi) is 6.59. The molecule has 1 aromatic heterocycles. The molecule has 3 rings (SSSR count). The molecule has 30 heavy (non-hydrogen) atoms. The topological polar surface area (TPSA) is 117 Å². The van der Waals surface area contributed by atoms with Crippen molar-refractivity contribution >= 4 is 39.1 Å². The normalized spacial score (nSPS) is 14.4. The molecule has 0 atom stereocenters. The van der Waals surface area contributed by atoms with Gasteiger partial charge in [0.05, 0.1) is 0 Å². The van der Waals surface area contributed by atoms with Gasteiger partial charge in [-0.3, -0.25) is 0 Å². The van der Waals surface area contributed by atoms with E-state index < -0.39 is 34.6 Å². The number of nitrogens with zero attached hydrogens (tertiary/aromatic N) is 3. The summed E-state index contributed by atoms with van der Waals surface area (Å²) in [5, 5.41) is 9.46. The SMILES string of the molecule is CCOC(=O)c1cc(C#N)c(N2CC(C(=O)[As]S(=O)(=O)c3ccccc3)C2)nc1C. The van der Waals surface area contributed by atoms with E-state index >= 15 is 0 Å². The number of esters is 1. The van der Waals surface area contributed by atoms with Crippen LogP contribution in [0, 0.1) is 24.2 Å². The molecule has 1 radical (unpaired) electrons. The summed E-state index contributed by atoms with van der Waals surface area (Å²) in [4.78, 5) is 30.8. The number of ether oxygens (including phenoxy) is 1. The Morgan fingerprint density at radius 2 is 1.97 bits per heavy atom. The number of aromatic nitrogens is 1. The van der Waals surface area contributed by atoms with Crippen LogP contribution in [-0.4, -0.2) is 58.2 Å². The van der Waals surface area contributed by atoms with E-state index in [1.54, 1.807) is 36.9 Å². The van der Waals surface area contributed by atoms with Crippen LogP contribution in [0.4, 0.5) is 5.82 Å². The zero-order valence-corrected chi connectivity index (χ0v) is 19.1. The average Bonchev–Trinajstić information content (AvgIpc) is 2.67. The predicted molar refractivity (Wildman–Crippen MR) is 110 cm³/mol. The van der Waals surface area contributed by atoms with E-state index in [-0.39, 0.29) is 27.2 Å². The molecule has 0 unspecified atom stereocenters. The zero-order valence-electron chi connectivity index (χ0n) is 16.4. The van der Waals surface area contributed by atoms with Gasteiger partial charge in [-0.2, -0.15) is 0 Å². The Hall–Kier alpha value is -2.69. The summed E-state index contributed by atoms with van der Waals surface area (Å²) in [7, 11) is -3.60. The number of hydrogen-bond donors (Lipinski definition) is 0. The first-order valence-electron chi connectivity index (χ1n) is 9.17. The minimum atomic E-state index is -3.60. The fraction of sp³-hybridized carbons (Fsp3) is 0.300. The van der Waals surface area contributed by atoms with Crippen molar-refractivity contribution in [2.45, 2.75) is 18.7 Å². The molecule has 10 heteroatoms. The van der Waals surface area contributed by atoms with Gasteiger partial charge in [-0.25, -0.2) is 0 Å². The molecule has 0 spiro atoms. The Bertz CT molecular complexity index is 1120. The number of rotatable bonds is 7. The molecule has 0 bridgehead atoms. The van der Waals surface area contributed by atoms with Gasteiger partial charge in [0, 0.05) is 0 Å². The molecule has 1 saturated heterocycles. The molecule has 0 saturated carbocycles. The van der Waals surface area contributed by atoms with E-state index in [4.69, 9.17) is 4.74 Å². The van der Waals surface area contributed by atoms with Gasteiger partial charge in [0.2, 0.25) is 0 Å². The molecular formula is C20H19AsN3O5S. The molecule has 1 aromatic carbocycles. The molecule has 2 aromatic rings. The number of benzene rings is 1. The van der Waals surface area contributed by atoms with Crippen LogP contribution in [0.2, 0.25) is 0 Å². The second-order valence-corrected chi connectivity index (χ2v) is 13.3. The van der Waals surface area contributed by atoms with Crippen LogP contribution in [0.15, 0.2) is 41.3 Å². The van der Waals surface area contributed by atoms with Crippen LogP contribution >= 0.6 is 0 Å². The first-order chi connectivity index (χ1) is 14.3. The van der Waals surface area contributed by atoms with E-state index in [0.29, 0.717) is 24.6 Å². The van der Waals surface area contributed by atoms with Gasteiger partial charge in [0.1, 0.15) is 0 Å². The maximum absolute atomic E-state index is 12.5. The second kappa shape index (κ2) is 8.98. The van der Waals surface area contributed by atoms with E-state index in [9.17, 15) is 23.3 Å². The Labute approximate surface area is 180 Å². The number of hydrogen-bond acceptors (Lipinski definition) is 8. The van der Waals surface area contributed by atoms with Gasteiger partial charge < -0.3 is 0 Å². The van der Waals surface area contributed by atoms with Crippen LogP contribution in [0.3, 0.4) is 0 Å². The third-order valence-electron chi connectivity index (χ3n) is 4.59. The zero-order chi connectivity index (χ0) is 21.9. The number of aryl methyl sites for hydroxylation is 1. The summed E-state index contributed by atoms with van der Waals surface area (Å²) in [6, 6.07) is 11.4. The number of anilines is 1. The molecule has 0 aliphatic carbocycles. The van der Waals surface area contributed by atoms with Gasteiger partial charge in [-0.15, -0.1) is 0 Å². The molecule has 1 aliphatic rings. The molecule has 1 aliphatic heterocycles. The molecule has 155 valence electrons. The third kappa shape index (κ3) is 4.55. The Morgan fingerprint density at radius 3 is 2.57 bits per heavy atom. The summed E-state index contributed by atoms with van der Waals surface area (Å²) in [6.45, 7) is 4.14. The second-order valence-electron chi connectivity index (χ2n) is 6.64. The molecule has 0 amide bonds. The third-order valence-corrected chi connectivity index (χ3v) is 10.6. The van der Waals surface area contributed by atoms with E-state index in [0.717, 1.165) is 0 Å². The summed E-state index contributed by atoms with van der Waals surface area (Å²) < 4.78 is 29.6. The van der Waals surface area contributed by atoms with E-state index in [1.807, 2.05) is 6.07 Å². The predicted octanol–water partition coefficient (Wildman–Crippen LogP) is 1.49. The summed E-state index contributed by atoms with van der Waals surface area (Å²) in [6.07, 6.45) is 0. The Balaban J connectivity index is 1.70. The molecular weight excluding hydrogens is 469 g/mol. The minimum absolute atomic E-state index is 0.160.